The minimum atomic E-state index is -0.0895. The lowest BCUT2D eigenvalue weighted by molar-refractivity contribution is 0.223. The molecule has 24 heavy (non-hydrogen) atoms. The predicted molar refractivity (Wildman–Crippen MR) is 101 cm³/mol. The average molecular weight is 326 g/mol. The molecule has 5 nitrogen and oxygen atoms in total. The third kappa shape index (κ3) is 4.19. The number of benzene rings is 2. The highest BCUT2D eigenvalue weighted by atomic mass is 16.2. The summed E-state index contributed by atoms with van der Waals surface area (Å²) in [5.74, 6) is 0.450. The van der Waals surface area contributed by atoms with Gasteiger partial charge in [0.2, 0.25) is 0 Å². The normalized spacial score (nSPS) is 10.7. The first-order valence-corrected chi connectivity index (χ1v) is 8.01. The topological polar surface area (TPSA) is 75.6 Å². The number of hydrogen-bond donors (Lipinski definition) is 2. The molecule has 2 aromatic carbocycles. The first-order chi connectivity index (χ1) is 11.3. The summed E-state index contributed by atoms with van der Waals surface area (Å²) in [6, 6.07) is 13.4. The highest BCUT2D eigenvalue weighted by molar-refractivity contribution is 5.91. The molecule has 0 aliphatic heterocycles. The first-order valence-electron chi connectivity index (χ1n) is 8.01. The Bertz CT molecular complexity index is 688. The van der Waals surface area contributed by atoms with Crippen molar-refractivity contribution >= 4 is 23.1 Å². The van der Waals surface area contributed by atoms with E-state index in [9.17, 15) is 4.79 Å². The van der Waals surface area contributed by atoms with Crippen molar-refractivity contribution < 1.29 is 4.79 Å². The van der Waals surface area contributed by atoms with E-state index in [4.69, 9.17) is 11.5 Å². The van der Waals surface area contributed by atoms with E-state index in [0.29, 0.717) is 23.8 Å². The summed E-state index contributed by atoms with van der Waals surface area (Å²) in [6.45, 7) is 4.70. The molecule has 4 N–H and O–H groups in total. The van der Waals surface area contributed by atoms with Gasteiger partial charge in [0.05, 0.1) is 6.54 Å². The number of nitrogens with zero attached hydrogens (tertiary/aromatic N) is 2. The van der Waals surface area contributed by atoms with Crippen LogP contribution in [0.2, 0.25) is 0 Å². The van der Waals surface area contributed by atoms with Gasteiger partial charge in [0.1, 0.15) is 0 Å². The van der Waals surface area contributed by atoms with E-state index >= 15 is 0 Å². The number of nitrogens with two attached hydrogens (primary N) is 2. The van der Waals surface area contributed by atoms with Gasteiger partial charge in [-0.05, 0) is 47.4 Å². The number of carbonyl (C=O) groups is 1. The van der Waals surface area contributed by atoms with Crippen molar-refractivity contribution in [2.45, 2.75) is 26.3 Å². The second-order valence-electron chi connectivity index (χ2n) is 6.52. The zero-order valence-electron chi connectivity index (χ0n) is 14.8. The fourth-order valence-corrected chi connectivity index (χ4v) is 2.57. The van der Waals surface area contributed by atoms with Crippen molar-refractivity contribution in [3.05, 3.63) is 53.6 Å². The van der Waals surface area contributed by atoms with Gasteiger partial charge in [0.25, 0.3) is 0 Å². The maximum Gasteiger partial charge on any atom is 0.324 e. The molecule has 0 saturated carbocycles. The molecule has 0 spiro atoms. The minimum Gasteiger partial charge on any atom is -0.399 e. The van der Waals surface area contributed by atoms with E-state index in [1.165, 1.54) is 5.56 Å². The molecule has 2 rings (SSSR count). The van der Waals surface area contributed by atoms with E-state index < -0.39 is 0 Å². The monoisotopic (exact) mass is 326 g/mol. The molecule has 2 aromatic rings. The Labute approximate surface area is 143 Å². The highest BCUT2D eigenvalue weighted by Crippen LogP contribution is 2.24. The molecule has 2 amide bonds. The van der Waals surface area contributed by atoms with E-state index in [1.54, 1.807) is 30.0 Å². The molecule has 0 atom stereocenters. The third-order valence-corrected chi connectivity index (χ3v) is 3.86. The van der Waals surface area contributed by atoms with Crippen molar-refractivity contribution in [3.63, 3.8) is 0 Å². The summed E-state index contributed by atoms with van der Waals surface area (Å²) in [6.07, 6.45) is 0. The van der Waals surface area contributed by atoms with Crippen molar-refractivity contribution in [1.82, 2.24) is 4.90 Å². The van der Waals surface area contributed by atoms with Crippen molar-refractivity contribution in [2.75, 3.05) is 30.5 Å². The van der Waals surface area contributed by atoms with Gasteiger partial charge in [0.15, 0.2) is 0 Å². The van der Waals surface area contributed by atoms with Crippen LogP contribution in [0, 0.1) is 0 Å². The Balaban J connectivity index is 2.35. The SMILES string of the molecule is CC(C)c1ccc(N(Cc2cc(N)cc(N)c2)C(=O)N(C)C)cc1. The molecule has 0 aromatic heterocycles. The molecule has 5 heteroatoms. The molecule has 0 unspecified atom stereocenters. The van der Waals surface area contributed by atoms with Gasteiger partial charge in [-0.1, -0.05) is 26.0 Å². The standard InChI is InChI=1S/C19H26N4O/c1-13(2)15-5-7-18(8-6-15)23(19(24)22(3)4)12-14-9-16(20)11-17(21)10-14/h5-11,13H,12,20-21H2,1-4H3. The zero-order chi connectivity index (χ0) is 17.9. The van der Waals surface area contributed by atoms with Crippen molar-refractivity contribution in [3.8, 4) is 0 Å². The van der Waals surface area contributed by atoms with Crippen LogP contribution in [0.1, 0.15) is 30.9 Å². The van der Waals surface area contributed by atoms with Crippen molar-refractivity contribution in [2.24, 2.45) is 0 Å². The predicted octanol–water partition coefficient (Wildman–Crippen LogP) is 3.66. The molecule has 0 aliphatic rings. The van der Waals surface area contributed by atoms with Gasteiger partial charge >= 0.3 is 6.03 Å². The summed E-state index contributed by atoms with van der Waals surface area (Å²) in [4.78, 5) is 15.9. The van der Waals surface area contributed by atoms with E-state index in [2.05, 4.69) is 26.0 Å². The number of anilines is 3. The van der Waals surface area contributed by atoms with Crippen molar-refractivity contribution in [1.29, 1.82) is 0 Å². The number of carbonyl (C=O) groups excluding carboxylic acids is 1. The molecule has 0 saturated heterocycles. The molecule has 128 valence electrons. The molecule has 0 aliphatic carbocycles. The van der Waals surface area contributed by atoms with Gasteiger partial charge in [0, 0.05) is 31.2 Å². The quantitative estimate of drug-likeness (QED) is 0.842. The lowest BCUT2D eigenvalue weighted by Gasteiger charge is -2.27. The largest absolute Gasteiger partial charge is 0.399 e. The smallest absolute Gasteiger partial charge is 0.324 e. The fourth-order valence-electron chi connectivity index (χ4n) is 2.57. The van der Waals surface area contributed by atoms with Crippen LogP contribution in [0.4, 0.5) is 21.9 Å². The molecule has 0 radical (unpaired) electrons. The van der Waals surface area contributed by atoms with Gasteiger partial charge in [-0.2, -0.15) is 0 Å². The summed E-state index contributed by atoms with van der Waals surface area (Å²) in [5.41, 5.74) is 15.9. The van der Waals surface area contributed by atoms with Gasteiger partial charge in [-0.15, -0.1) is 0 Å². The van der Waals surface area contributed by atoms with Crippen LogP contribution in [-0.4, -0.2) is 25.0 Å². The second kappa shape index (κ2) is 7.25. The number of urea groups is 1. The number of hydrogen-bond acceptors (Lipinski definition) is 3. The summed E-state index contributed by atoms with van der Waals surface area (Å²) >= 11 is 0. The Kier molecular flexibility index (Phi) is 5.34. The molecule has 0 fully saturated rings. The number of nitrogen functional groups attached to an aromatic ring is 2. The lowest BCUT2D eigenvalue weighted by atomic mass is 10.0. The highest BCUT2D eigenvalue weighted by Gasteiger charge is 2.18. The van der Waals surface area contributed by atoms with Gasteiger partial charge in [-0.3, -0.25) is 4.90 Å². The summed E-state index contributed by atoms with van der Waals surface area (Å²) in [5, 5.41) is 0. The van der Waals surface area contributed by atoms with Crippen LogP contribution in [0.25, 0.3) is 0 Å². The Morgan fingerprint density at radius 2 is 1.54 bits per heavy atom. The van der Waals surface area contributed by atoms with Crippen LogP contribution in [0.15, 0.2) is 42.5 Å². The summed E-state index contributed by atoms with van der Waals surface area (Å²) in [7, 11) is 3.48. The number of rotatable bonds is 4. The second-order valence-corrected chi connectivity index (χ2v) is 6.52. The van der Waals surface area contributed by atoms with Crippen LogP contribution in [0.3, 0.4) is 0 Å². The zero-order valence-corrected chi connectivity index (χ0v) is 14.8. The third-order valence-electron chi connectivity index (χ3n) is 3.86. The lowest BCUT2D eigenvalue weighted by Crippen LogP contribution is -2.38. The average Bonchev–Trinajstić information content (AvgIpc) is 2.51. The number of amides is 2. The molecular formula is C19H26N4O. The fraction of sp³-hybridized carbons (Fsp3) is 0.316. The Morgan fingerprint density at radius 3 is 2.00 bits per heavy atom. The van der Waals surface area contributed by atoms with E-state index in [1.807, 2.05) is 24.3 Å². The molecule has 0 bridgehead atoms. The minimum absolute atomic E-state index is 0.0895. The van der Waals surface area contributed by atoms with E-state index in [0.717, 1.165) is 11.3 Å². The Hall–Kier alpha value is -2.69. The maximum absolute atomic E-state index is 12.6. The van der Waals surface area contributed by atoms with Crippen LogP contribution < -0.4 is 16.4 Å². The van der Waals surface area contributed by atoms with Crippen LogP contribution >= 0.6 is 0 Å². The Morgan fingerprint density at radius 1 is 1.00 bits per heavy atom. The molecular weight excluding hydrogens is 300 g/mol. The van der Waals surface area contributed by atoms with Gasteiger partial charge in [-0.25, -0.2) is 4.79 Å². The van der Waals surface area contributed by atoms with Crippen LogP contribution in [0.5, 0.6) is 0 Å². The first kappa shape index (κ1) is 17.7. The van der Waals surface area contributed by atoms with Gasteiger partial charge < -0.3 is 16.4 Å². The molecule has 0 heterocycles. The van der Waals surface area contributed by atoms with E-state index in [-0.39, 0.29) is 6.03 Å². The maximum atomic E-state index is 12.6. The van der Waals surface area contributed by atoms with Crippen LogP contribution in [-0.2, 0) is 6.54 Å². The summed E-state index contributed by atoms with van der Waals surface area (Å²) < 4.78 is 0.